The van der Waals surface area contributed by atoms with Crippen LogP contribution in [0.3, 0.4) is 0 Å². The second-order valence-corrected chi connectivity index (χ2v) is 10.7. The van der Waals surface area contributed by atoms with Crippen molar-refractivity contribution < 1.29 is 9.84 Å². The van der Waals surface area contributed by atoms with Gasteiger partial charge in [0, 0.05) is 19.4 Å². The van der Waals surface area contributed by atoms with E-state index in [1.807, 2.05) is 0 Å². The summed E-state index contributed by atoms with van der Waals surface area (Å²) < 4.78 is 5.11. The van der Waals surface area contributed by atoms with E-state index in [1.165, 1.54) is 32.1 Å². The molecule has 24 heavy (non-hydrogen) atoms. The number of hydrogen-bond acceptors (Lipinski definition) is 2. The van der Waals surface area contributed by atoms with Gasteiger partial charge in [-0.15, -0.1) is 0 Å². The fourth-order valence-corrected chi connectivity index (χ4v) is 8.23. The Morgan fingerprint density at radius 3 is 2.71 bits per heavy atom. The van der Waals surface area contributed by atoms with Crippen molar-refractivity contribution in [2.45, 2.75) is 74.3 Å². The van der Waals surface area contributed by atoms with Crippen LogP contribution in [-0.4, -0.2) is 28.3 Å². The summed E-state index contributed by atoms with van der Waals surface area (Å²) in [6.45, 7) is 2.34. The Hall–Kier alpha value is 0.240. The zero-order valence-electron chi connectivity index (χ0n) is 14.7. The van der Waals surface area contributed by atoms with Crippen molar-refractivity contribution in [2.24, 2.45) is 29.1 Å². The highest BCUT2D eigenvalue weighted by Gasteiger charge is 2.78. The molecule has 5 rings (SSSR count). The van der Waals surface area contributed by atoms with Crippen molar-refractivity contribution in [1.82, 2.24) is 0 Å². The Bertz CT molecular complexity index is 615. The second kappa shape index (κ2) is 4.94. The minimum Gasteiger partial charge on any atom is -0.393 e. The van der Waals surface area contributed by atoms with Gasteiger partial charge in [-0.05, 0) is 68.1 Å². The SMILES string of the molecule is COC12CC3=C(CC1C2(Cl)Cl)[C@H]1CC[C@]2(C)[C@@H](O)CC[C@H]2[C@@H]1CC3. The van der Waals surface area contributed by atoms with Crippen molar-refractivity contribution in [3.63, 3.8) is 0 Å². The molecule has 134 valence electrons. The highest BCUT2D eigenvalue weighted by atomic mass is 35.5. The molecular weight excluding hydrogens is 343 g/mol. The average molecular weight is 371 g/mol. The molecule has 0 amide bonds. The normalized spacial score (nSPS) is 54.6. The fraction of sp³-hybridized carbons (Fsp3) is 0.900. The molecule has 1 N–H and O–H groups in total. The van der Waals surface area contributed by atoms with Gasteiger partial charge in [-0.1, -0.05) is 41.3 Å². The Morgan fingerprint density at radius 2 is 1.96 bits per heavy atom. The molecule has 0 spiro atoms. The quantitative estimate of drug-likeness (QED) is 0.527. The number of allylic oxidation sites excluding steroid dienone is 1. The lowest BCUT2D eigenvalue weighted by molar-refractivity contribution is -0.0335. The molecule has 0 saturated heterocycles. The van der Waals surface area contributed by atoms with Gasteiger partial charge in [0.1, 0.15) is 5.60 Å². The zero-order valence-corrected chi connectivity index (χ0v) is 16.2. The van der Waals surface area contributed by atoms with Crippen LogP contribution in [0.2, 0.25) is 0 Å². The van der Waals surface area contributed by atoms with E-state index in [2.05, 4.69) is 6.92 Å². The van der Waals surface area contributed by atoms with Crippen LogP contribution in [0.15, 0.2) is 11.1 Å². The zero-order chi connectivity index (χ0) is 16.9. The predicted molar refractivity (Wildman–Crippen MR) is 96.2 cm³/mol. The van der Waals surface area contributed by atoms with E-state index in [0.717, 1.165) is 25.2 Å². The third-order valence-electron chi connectivity index (χ3n) is 8.81. The maximum absolute atomic E-state index is 10.5. The van der Waals surface area contributed by atoms with Crippen LogP contribution in [0.5, 0.6) is 0 Å². The molecule has 7 atom stereocenters. The lowest BCUT2D eigenvalue weighted by Crippen LogP contribution is -2.45. The molecule has 2 nitrogen and oxygen atoms in total. The average Bonchev–Trinajstić information content (AvgIpc) is 2.87. The maximum Gasteiger partial charge on any atom is 0.153 e. The van der Waals surface area contributed by atoms with Crippen molar-refractivity contribution in [1.29, 1.82) is 0 Å². The second-order valence-electron chi connectivity index (χ2n) is 9.33. The molecule has 0 aromatic heterocycles. The molecule has 0 heterocycles. The van der Waals surface area contributed by atoms with Crippen LogP contribution in [0.25, 0.3) is 0 Å². The maximum atomic E-state index is 10.5. The summed E-state index contributed by atoms with van der Waals surface area (Å²) in [5.41, 5.74) is 3.11. The number of fused-ring (bicyclic) bond motifs is 5. The topological polar surface area (TPSA) is 29.5 Å². The van der Waals surface area contributed by atoms with E-state index in [9.17, 15) is 5.11 Å². The van der Waals surface area contributed by atoms with Crippen LogP contribution in [0.1, 0.15) is 58.3 Å². The van der Waals surface area contributed by atoms with E-state index in [0.29, 0.717) is 11.8 Å². The summed E-state index contributed by atoms with van der Waals surface area (Å²) in [7, 11) is 1.77. The number of methoxy groups -OCH3 is 1. The first kappa shape index (κ1) is 16.4. The molecule has 3 saturated carbocycles. The minimum atomic E-state index is -0.707. The largest absolute Gasteiger partial charge is 0.393 e. The summed E-state index contributed by atoms with van der Waals surface area (Å²) in [6.07, 6.45) is 8.95. The molecule has 0 radical (unpaired) electrons. The number of aliphatic hydroxyl groups is 1. The van der Waals surface area contributed by atoms with Crippen LogP contribution < -0.4 is 0 Å². The van der Waals surface area contributed by atoms with Gasteiger partial charge < -0.3 is 9.84 Å². The van der Waals surface area contributed by atoms with E-state index in [4.69, 9.17) is 27.9 Å². The Labute approximate surface area is 154 Å². The van der Waals surface area contributed by atoms with Gasteiger partial charge >= 0.3 is 0 Å². The third-order valence-corrected chi connectivity index (χ3v) is 9.98. The summed E-state index contributed by atoms with van der Waals surface area (Å²) in [6, 6.07) is 0. The smallest absolute Gasteiger partial charge is 0.153 e. The van der Waals surface area contributed by atoms with Gasteiger partial charge in [-0.2, -0.15) is 0 Å². The van der Waals surface area contributed by atoms with Gasteiger partial charge in [0.15, 0.2) is 4.33 Å². The molecule has 0 aliphatic heterocycles. The summed E-state index contributed by atoms with van der Waals surface area (Å²) in [5.74, 6) is 2.42. The number of aliphatic hydroxyl groups excluding tert-OH is 1. The van der Waals surface area contributed by atoms with Crippen LogP contribution in [-0.2, 0) is 4.74 Å². The Kier molecular flexibility index (Phi) is 3.38. The highest BCUT2D eigenvalue weighted by Crippen LogP contribution is 2.73. The number of hydrogen-bond donors (Lipinski definition) is 1. The van der Waals surface area contributed by atoms with Crippen molar-refractivity contribution in [3.8, 4) is 0 Å². The molecule has 0 aromatic carbocycles. The molecule has 3 fully saturated rings. The lowest BCUT2D eigenvalue weighted by Gasteiger charge is -2.51. The first-order valence-corrected chi connectivity index (χ1v) is 10.4. The molecule has 5 aliphatic carbocycles. The standard InChI is InChI=1S/C20H28Cl2O2/c1-18-8-7-12-13(15(18)5-6-17(18)23)4-3-11-10-19(24-2)16(9-14(11)12)20(19,21)22/h12-13,15-17,23H,3-10H2,1-2H3/t12-,13+,15-,16?,17-,18-,19?/m0/s1. The van der Waals surface area contributed by atoms with Gasteiger partial charge in [-0.3, -0.25) is 0 Å². The molecular formula is C20H28Cl2O2. The first-order chi connectivity index (χ1) is 11.3. The van der Waals surface area contributed by atoms with Gasteiger partial charge in [0.2, 0.25) is 0 Å². The molecule has 5 aliphatic rings. The van der Waals surface area contributed by atoms with E-state index in [-0.39, 0.29) is 23.0 Å². The van der Waals surface area contributed by atoms with Crippen molar-refractivity contribution in [2.75, 3.05) is 7.11 Å². The van der Waals surface area contributed by atoms with Crippen LogP contribution in [0, 0.1) is 29.1 Å². The first-order valence-electron chi connectivity index (χ1n) is 9.67. The van der Waals surface area contributed by atoms with E-state index in [1.54, 1.807) is 18.3 Å². The van der Waals surface area contributed by atoms with E-state index >= 15 is 0 Å². The Balaban J connectivity index is 1.46. The number of halogens is 2. The van der Waals surface area contributed by atoms with Crippen LogP contribution >= 0.6 is 23.2 Å². The number of alkyl halides is 2. The predicted octanol–water partition coefficient (Wildman–Crippen LogP) is 4.86. The van der Waals surface area contributed by atoms with Crippen molar-refractivity contribution >= 4 is 23.2 Å². The summed E-state index contributed by atoms with van der Waals surface area (Å²) in [5, 5.41) is 10.5. The third kappa shape index (κ3) is 1.77. The fourth-order valence-electron chi connectivity index (χ4n) is 7.28. The Morgan fingerprint density at radius 1 is 1.17 bits per heavy atom. The highest BCUT2D eigenvalue weighted by molar-refractivity contribution is 6.52. The van der Waals surface area contributed by atoms with Gasteiger partial charge in [0.05, 0.1) is 6.10 Å². The molecule has 0 aromatic rings. The molecule has 0 bridgehead atoms. The summed E-state index contributed by atoms with van der Waals surface area (Å²) >= 11 is 13.2. The van der Waals surface area contributed by atoms with Crippen molar-refractivity contribution in [3.05, 3.63) is 11.1 Å². The summed E-state index contributed by atoms with van der Waals surface area (Å²) in [4.78, 5) is 0. The molecule has 4 heteroatoms. The lowest BCUT2D eigenvalue weighted by atomic mass is 9.54. The minimum absolute atomic E-state index is 0.0897. The molecule has 2 unspecified atom stereocenters. The van der Waals surface area contributed by atoms with Crippen LogP contribution in [0.4, 0.5) is 0 Å². The monoisotopic (exact) mass is 370 g/mol. The number of rotatable bonds is 1. The van der Waals surface area contributed by atoms with Gasteiger partial charge in [0.25, 0.3) is 0 Å². The van der Waals surface area contributed by atoms with E-state index < -0.39 is 4.33 Å². The van der Waals surface area contributed by atoms with Gasteiger partial charge in [-0.25, -0.2) is 0 Å². The number of ether oxygens (including phenoxy) is 1.